The van der Waals surface area contributed by atoms with Gasteiger partial charge in [-0.05, 0) is 96.2 Å². The van der Waals surface area contributed by atoms with Gasteiger partial charge in [0, 0.05) is 34.1 Å². The van der Waals surface area contributed by atoms with Crippen molar-refractivity contribution in [3.8, 4) is 11.1 Å². The van der Waals surface area contributed by atoms with Crippen molar-refractivity contribution in [3.63, 3.8) is 0 Å². The predicted molar refractivity (Wildman–Crippen MR) is 149 cm³/mol. The van der Waals surface area contributed by atoms with Crippen molar-refractivity contribution < 1.29 is 13.9 Å². The molecule has 4 aromatic rings. The summed E-state index contributed by atoms with van der Waals surface area (Å²) in [5.41, 5.74) is 3.85. The molecule has 0 bridgehead atoms. The topological polar surface area (TPSA) is 89.0 Å². The van der Waals surface area contributed by atoms with Crippen molar-refractivity contribution in [2.24, 2.45) is 0 Å². The van der Waals surface area contributed by atoms with Crippen molar-refractivity contribution in [1.29, 1.82) is 0 Å². The molecule has 0 spiro atoms. The van der Waals surface area contributed by atoms with Crippen LogP contribution in [0.2, 0.25) is 0 Å². The molecule has 1 saturated carbocycles. The van der Waals surface area contributed by atoms with Crippen LogP contribution in [-0.4, -0.2) is 38.7 Å². The fourth-order valence-electron chi connectivity index (χ4n) is 5.08. The van der Waals surface area contributed by atoms with Crippen molar-refractivity contribution in [2.45, 2.75) is 78.0 Å². The Kier molecular flexibility index (Phi) is 6.90. The molecule has 2 aromatic heterocycles. The van der Waals surface area contributed by atoms with Gasteiger partial charge in [-0.2, -0.15) is 0 Å². The van der Waals surface area contributed by atoms with Gasteiger partial charge >= 0.3 is 6.09 Å². The summed E-state index contributed by atoms with van der Waals surface area (Å²) in [7, 11) is 0. The standard InChI is InChI=1S/C30H34FN5O2/c1-17-6-7-19-8-14-24(31)26(27(19)32-17)20-9-15-25-23(16-20)18(2)33-28(36-25)34-21-10-12-22(13-11-21)35-29(37)38-30(3,4)5/h6-9,14-16,21-22H,10-13H2,1-5H3,(H,35,37)(H,33,34,36). The van der Waals surface area contributed by atoms with Crippen LogP contribution in [0.4, 0.5) is 15.1 Å². The zero-order valence-electron chi connectivity index (χ0n) is 22.6. The van der Waals surface area contributed by atoms with Crippen molar-refractivity contribution in [1.82, 2.24) is 20.3 Å². The lowest BCUT2D eigenvalue weighted by atomic mass is 9.91. The third-order valence-electron chi connectivity index (χ3n) is 6.91. The summed E-state index contributed by atoms with van der Waals surface area (Å²) in [4.78, 5) is 26.2. The molecule has 1 aliphatic carbocycles. The molecule has 5 rings (SSSR count). The van der Waals surface area contributed by atoms with Crippen LogP contribution >= 0.6 is 0 Å². The third-order valence-corrected chi connectivity index (χ3v) is 6.91. The Balaban J connectivity index is 1.31. The summed E-state index contributed by atoms with van der Waals surface area (Å²) in [6.45, 7) is 9.44. The lowest BCUT2D eigenvalue weighted by molar-refractivity contribution is 0.0492. The molecule has 0 aliphatic heterocycles. The van der Waals surface area contributed by atoms with Gasteiger partial charge in [0.25, 0.3) is 0 Å². The highest BCUT2D eigenvalue weighted by Crippen LogP contribution is 2.33. The van der Waals surface area contributed by atoms with Gasteiger partial charge in [-0.1, -0.05) is 12.1 Å². The monoisotopic (exact) mass is 515 g/mol. The van der Waals surface area contributed by atoms with Gasteiger partial charge in [-0.15, -0.1) is 0 Å². The minimum atomic E-state index is -0.506. The van der Waals surface area contributed by atoms with Gasteiger partial charge in [0.1, 0.15) is 11.4 Å². The lowest BCUT2D eigenvalue weighted by Crippen LogP contribution is -2.42. The number of aryl methyl sites for hydroxylation is 2. The quantitative estimate of drug-likeness (QED) is 0.309. The van der Waals surface area contributed by atoms with E-state index >= 15 is 4.39 Å². The van der Waals surface area contributed by atoms with Crippen molar-refractivity contribution in [2.75, 3.05) is 5.32 Å². The van der Waals surface area contributed by atoms with Crippen molar-refractivity contribution >= 4 is 33.8 Å². The van der Waals surface area contributed by atoms with Crippen LogP contribution in [0.25, 0.3) is 32.9 Å². The zero-order valence-corrected chi connectivity index (χ0v) is 22.6. The van der Waals surface area contributed by atoms with E-state index in [0.717, 1.165) is 58.9 Å². The summed E-state index contributed by atoms with van der Waals surface area (Å²) in [6.07, 6.45) is 3.14. The van der Waals surface area contributed by atoms with Crippen LogP contribution in [-0.2, 0) is 4.74 Å². The second-order valence-corrected chi connectivity index (χ2v) is 11.2. The largest absolute Gasteiger partial charge is 0.444 e. The summed E-state index contributed by atoms with van der Waals surface area (Å²) < 4.78 is 20.4. The number of amides is 1. The van der Waals surface area contributed by atoms with E-state index in [0.29, 0.717) is 17.0 Å². The molecule has 2 aromatic carbocycles. The Morgan fingerprint density at radius 1 is 0.947 bits per heavy atom. The number of fused-ring (bicyclic) bond motifs is 2. The number of alkyl carbamates (subject to hydrolysis) is 1. The van der Waals surface area contributed by atoms with Crippen LogP contribution in [0.15, 0.2) is 42.5 Å². The molecule has 0 atom stereocenters. The molecule has 38 heavy (non-hydrogen) atoms. The molecular formula is C30H34FN5O2. The predicted octanol–water partition coefficient (Wildman–Crippen LogP) is 6.85. The van der Waals surface area contributed by atoms with E-state index in [1.807, 2.05) is 65.0 Å². The average molecular weight is 516 g/mol. The second kappa shape index (κ2) is 10.2. The van der Waals surface area contributed by atoms with Crippen LogP contribution < -0.4 is 10.6 Å². The first kappa shape index (κ1) is 25.8. The molecular weight excluding hydrogens is 481 g/mol. The highest BCUT2D eigenvalue weighted by molar-refractivity contribution is 5.97. The number of benzene rings is 2. The molecule has 198 valence electrons. The van der Waals surface area contributed by atoms with Gasteiger partial charge in [0.05, 0.1) is 16.7 Å². The van der Waals surface area contributed by atoms with Crippen LogP contribution in [0.5, 0.6) is 0 Å². The Bertz CT molecular complexity index is 1500. The third kappa shape index (κ3) is 5.69. The normalized spacial score (nSPS) is 17.9. The Morgan fingerprint density at radius 3 is 2.39 bits per heavy atom. The molecule has 0 unspecified atom stereocenters. The summed E-state index contributed by atoms with van der Waals surface area (Å²) in [5, 5.41) is 8.23. The second-order valence-electron chi connectivity index (χ2n) is 11.2. The van der Waals surface area contributed by atoms with E-state index in [9.17, 15) is 4.79 Å². The summed E-state index contributed by atoms with van der Waals surface area (Å²) in [5.74, 6) is 0.281. The van der Waals surface area contributed by atoms with E-state index in [-0.39, 0.29) is 24.0 Å². The first-order valence-corrected chi connectivity index (χ1v) is 13.2. The van der Waals surface area contributed by atoms with E-state index in [2.05, 4.69) is 15.6 Å². The molecule has 1 amide bonds. The maximum absolute atomic E-state index is 15.0. The number of anilines is 1. The Labute approximate surface area is 222 Å². The highest BCUT2D eigenvalue weighted by atomic mass is 19.1. The number of pyridine rings is 1. The first-order valence-electron chi connectivity index (χ1n) is 13.2. The number of hydrogen-bond acceptors (Lipinski definition) is 6. The number of ether oxygens (including phenoxy) is 1. The number of aromatic nitrogens is 3. The average Bonchev–Trinajstić information content (AvgIpc) is 2.84. The van der Waals surface area contributed by atoms with E-state index in [1.165, 1.54) is 6.07 Å². The fourth-order valence-corrected chi connectivity index (χ4v) is 5.08. The SMILES string of the molecule is Cc1ccc2ccc(F)c(-c3ccc4nc(NC5CCC(NC(=O)OC(C)(C)C)CC5)nc(C)c4c3)c2n1. The minimum absolute atomic E-state index is 0.105. The fraction of sp³-hybridized carbons (Fsp3) is 0.400. The van der Waals surface area contributed by atoms with E-state index in [1.54, 1.807) is 6.07 Å². The molecule has 0 radical (unpaired) electrons. The van der Waals surface area contributed by atoms with Gasteiger partial charge in [-0.3, -0.25) is 4.98 Å². The van der Waals surface area contributed by atoms with Gasteiger partial charge in [0.15, 0.2) is 0 Å². The van der Waals surface area contributed by atoms with Gasteiger partial charge in [0.2, 0.25) is 5.95 Å². The number of carbonyl (C=O) groups is 1. The van der Waals surface area contributed by atoms with Crippen LogP contribution in [0, 0.1) is 19.7 Å². The van der Waals surface area contributed by atoms with Gasteiger partial charge < -0.3 is 15.4 Å². The number of nitrogens with one attached hydrogen (secondary N) is 2. The number of nitrogens with zero attached hydrogens (tertiary/aromatic N) is 3. The zero-order chi connectivity index (χ0) is 27.0. The Morgan fingerprint density at radius 2 is 1.66 bits per heavy atom. The maximum atomic E-state index is 15.0. The Hall–Kier alpha value is -3.81. The van der Waals surface area contributed by atoms with Crippen LogP contribution in [0.1, 0.15) is 57.8 Å². The van der Waals surface area contributed by atoms with Crippen LogP contribution in [0.3, 0.4) is 0 Å². The molecule has 1 aliphatic rings. The summed E-state index contributed by atoms with van der Waals surface area (Å²) in [6, 6.07) is 13.2. The number of rotatable bonds is 4. The molecule has 7 nitrogen and oxygen atoms in total. The maximum Gasteiger partial charge on any atom is 0.407 e. The highest BCUT2D eigenvalue weighted by Gasteiger charge is 2.25. The van der Waals surface area contributed by atoms with E-state index < -0.39 is 5.60 Å². The molecule has 8 heteroatoms. The van der Waals surface area contributed by atoms with Gasteiger partial charge in [-0.25, -0.2) is 19.2 Å². The summed E-state index contributed by atoms with van der Waals surface area (Å²) >= 11 is 0. The van der Waals surface area contributed by atoms with Crippen molar-refractivity contribution in [3.05, 3.63) is 59.7 Å². The van der Waals surface area contributed by atoms with E-state index in [4.69, 9.17) is 14.7 Å². The molecule has 2 heterocycles. The lowest BCUT2D eigenvalue weighted by Gasteiger charge is -2.30. The number of halogens is 1. The minimum Gasteiger partial charge on any atom is -0.444 e. The molecule has 1 fully saturated rings. The first-order chi connectivity index (χ1) is 18.1. The number of carbonyl (C=O) groups excluding carboxylic acids is 1. The molecule has 0 saturated heterocycles. The number of hydrogen-bond donors (Lipinski definition) is 2. The smallest absolute Gasteiger partial charge is 0.407 e. The molecule has 2 N–H and O–H groups in total.